The number of nitrogens with zero attached hydrogens (tertiary/aromatic N) is 2. The lowest BCUT2D eigenvalue weighted by atomic mass is 9.96. The Morgan fingerprint density at radius 2 is 2.17 bits per heavy atom. The Hall–Kier alpha value is -2.32. The van der Waals surface area contributed by atoms with Crippen molar-refractivity contribution in [2.24, 2.45) is 11.7 Å². The summed E-state index contributed by atoms with van der Waals surface area (Å²) in [6.07, 6.45) is 8.93. The molecule has 0 aliphatic carbocycles. The second-order valence-corrected chi connectivity index (χ2v) is 8.52. The molecule has 30 heavy (non-hydrogen) atoms. The maximum Gasteiger partial charge on any atom is 0.225 e. The number of hydrogen-bond acceptors (Lipinski definition) is 6. The summed E-state index contributed by atoms with van der Waals surface area (Å²) in [6.45, 7) is 8.79. The molecule has 2 amide bonds. The minimum absolute atomic E-state index is 0.0284. The van der Waals surface area contributed by atoms with Crippen molar-refractivity contribution in [2.75, 3.05) is 19.6 Å². The predicted molar refractivity (Wildman–Crippen MR) is 121 cm³/mol. The molecule has 164 valence electrons. The van der Waals surface area contributed by atoms with Crippen LogP contribution in [0, 0.1) is 5.92 Å². The van der Waals surface area contributed by atoms with E-state index in [-0.39, 0.29) is 23.5 Å². The molecular weight excluding hydrogens is 400 g/mol. The Morgan fingerprint density at radius 1 is 1.40 bits per heavy atom. The van der Waals surface area contributed by atoms with E-state index in [1.807, 2.05) is 19.1 Å². The Kier molecular flexibility index (Phi) is 9.39. The van der Waals surface area contributed by atoms with Gasteiger partial charge in [-0.2, -0.15) is 0 Å². The molecule has 0 spiro atoms. The third-order valence-electron chi connectivity index (χ3n) is 5.22. The highest BCUT2D eigenvalue weighted by atomic mass is 32.1. The minimum atomic E-state index is -0.654. The van der Waals surface area contributed by atoms with Gasteiger partial charge in [0.25, 0.3) is 0 Å². The minimum Gasteiger partial charge on any atom is -0.346 e. The largest absolute Gasteiger partial charge is 0.346 e. The summed E-state index contributed by atoms with van der Waals surface area (Å²) in [6, 6.07) is -0.654. The van der Waals surface area contributed by atoms with E-state index in [2.05, 4.69) is 16.9 Å². The normalized spacial score (nSPS) is 17.7. The van der Waals surface area contributed by atoms with E-state index in [1.165, 1.54) is 18.3 Å². The molecule has 1 fully saturated rings. The topological polar surface area (TPSA) is 105 Å². The Balaban J connectivity index is 2.16. The molecule has 1 aromatic rings. The summed E-state index contributed by atoms with van der Waals surface area (Å²) < 4.78 is 0. The monoisotopic (exact) mass is 432 g/mol. The first-order chi connectivity index (χ1) is 14.4. The van der Waals surface area contributed by atoms with Crippen LogP contribution in [0.1, 0.15) is 66.3 Å². The molecule has 0 radical (unpaired) electrons. The molecule has 0 aromatic carbocycles. The van der Waals surface area contributed by atoms with Gasteiger partial charge in [-0.25, -0.2) is 4.98 Å². The van der Waals surface area contributed by atoms with Crippen molar-refractivity contribution in [1.29, 1.82) is 0 Å². The van der Waals surface area contributed by atoms with Gasteiger partial charge in [-0.05, 0) is 57.7 Å². The van der Waals surface area contributed by atoms with Crippen LogP contribution in [0.15, 0.2) is 12.7 Å². The van der Waals surface area contributed by atoms with E-state index in [1.54, 1.807) is 11.0 Å². The van der Waals surface area contributed by atoms with E-state index >= 15 is 0 Å². The number of nitrogens with one attached hydrogen (secondary N) is 1. The summed E-state index contributed by atoms with van der Waals surface area (Å²) >= 11 is 1.30. The van der Waals surface area contributed by atoms with Gasteiger partial charge in [0.2, 0.25) is 17.6 Å². The van der Waals surface area contributed by atoms with E-state index in [0.29, 0.717) is 43.2 Å². The first kappa shape index (κ1) is 24.0. The van der Waals surface area contributed by atoms with Crippen molar-refractivity contribution < 1.29 is 14.4 Å². The molecule has 1 aromatic heterocycles. The second kappa shape index (κ2) is 11.8. The molecule has 8 heteroatoms. The fourth-order valence-electron chi connectivity index (χ4n) is 3.54. The van der Waals surface area contributed by atoms with E-state index in [0.717, 1.165) is 24.1 Å². The maximum atomic E-state index is 13.2. The van der Waals surface area contributed by atoms with Crippen LogP contribution in [0.4, 0.5) is 0 Å². The smallest absolute Gasteiger partial charge is 0.225 e. The number of thiazole rings is 1. The standard InChI is InChI=1S/C22H32N4O3S/c1-4-9-19-17(5-2)25-22(30-19)20(28)18(11-6-7-12-23)24-21(29)16-10-8-13-26(14-16)15(3)27/h4-5,9,16,18H,2,6-8,10-14,23H2,1,3H3,(H,24,29)/b9-4-. The second-order valence-electron chi connectivity index (χ2n) is 7.49. The van der Waals surface area contributed by atoms with Crippen LogP contribution in [-0.2, 0) is 9.59 Å². The number of carbonyl (C=O) groups is 3. The van der Waals surface area contributed by atoms with E-state index in [9.17, 15) is 14.4 Å². The first-order valence-electron chi connectivity index (χ1n) is 10.5. The molecule has 2 heterocycles. The van der Waals surface area contributed by atoms with Crippen molar-refractivity contribution in [3.63, 3.8) is 0 Å². The number of allylic oxidation sites excluding steroid dienone is 1. The van der Waals surface area contributed by atoms with E-state index < -0.39 is 6.04 Å². The predicted octanol–water partition coefficient (Wildman–Crippen LogP) is 2.87. The highest BCUT2D eigenvalue weighted by Gasteiger charge is 2.31. The van der Waals surface area contributed by atoms with Gasteiger partial charge in [-0.15, -0.1) is 11.3 Å². The maximum absolute atomic E-state index is 13.2. The summed E-state index contributed by atoms with van der Waals surface area (Å²) in [5.41, 5.74) is 6.26. The molecule has 3 N–H and O–H groups in total. The zero-order valence-corrected chi connectivity index (χ0v) is 18.7. The highest BCUT2D eigenvalue weighted by molar-refractivity contribution is 7.14. The molecule has 2 unspecified atom stereocenters. The van der Waals surface area contributed by atoms with Crippen molar-refractivity contribution in [3.05, 3.63) is 28.2 Å². The molecular formula is C22H32N4O3S. The Morgan fingerprint density at radius 3 is 2.80 bits per heavy atom. The Bertz CT molecular complexity index is 802. The number of hydrogen-bond donors (Lipinski definition) is 2. The number of likely N-dealkylation sites (tertiary alicyclic amines) is 1. The summed E-state index contributed by atoms with van der Waals surface area (Å²) in [5.74, 6) is -0.699. The van der Waals surface area contributed by atoms with Crippen LogP contribution in [0.2, 0.25) is 0 Å². The fourth-order valence-corrected chi connectivity index (χ4v) is 4.58. The summed E-state index contributed by atoms with van der Waals surface area (Å²) in [7, 11) is 0. The van der Waals surface area contributed by atoms with Gasteiger partial charge in [-0.1, -0.05) is 12.7 Å². The van der Waals surface area contributed by atoms with Crippen LogP contribution in [-0.4, -0.2) is 53.2 Å². The van der Waals surface area contributed by atoms with Gasteiger partial charge in [0.15, 0.2) is 5.01 Å². The average Bonchev–Trinajstić information content (AvgIpc) is 3.15. The fraction of sp³-hybridized carbons (Fsp3) is 0.545. The molecule has 0 saturated carbocycles. The van der Waals surface area contributed by atoms with Gasteiger partial charge in [0.1, 0.15) is 0 Å². The molecule has 2 atom stereocenters. The van der Waals surface area contributed by atoms with Gasteiger partial charge in [-0.3, -0.25) is 14.4 Å². The first-order valence-corrected chi connectivity index (χ1v) is 11.3. The number of amides is 2. The van der Waals surface area contributed by atoms with Crippen LogP contribution < -0.4 is 11.1 Å². The third kappa shape index (κ3) is 6.34. The van der Waals surface area contributed by atoms with Crippen molar-refractivity contribution in [2.45, 2.75) is 52.0 Å². The van der Waals surface area contributed by atoms with Crippen LogP contribution in [0.3, 0.4) is 0 Å². The molecule has 1 aliphatic heterocycles. The van der Waals surface area contributed by atoms with Gasteiger partial charge in [0, 0.05) is 20.0 Å². The molecule has 0 bridgehead atoms. The lowest BCUT2D eigenvalue weighted by Crippen LogP contribution is -2.49. The number of rotatable bonds is 10. The summed E-state index contributed by atoms with van der Waals surface area (Å²) in [5, 5.41) is 3.30. The van der Waals surface area contributed by atoms with Gasteiger partial charge < -0.3 is 16.0 Å². The molecule has 7 nitrogen and oxygen atoms in total. The van der Waals surface area contributed by atoms with Crippen LogP contribution in [0.5, 0.6) is 0 Å². The lowest BCUT2D eigenvalue weighted by molar-refractivity contribution is -0.134. The number of nitrogens with two attached hydrogens (primary N) is 1. The molecule has 2 rings (SSSR count). The lowest BCUT2D eigenvalue weighted by Gasteiger charge is -2.32. The quantitative estimate of drug-likeness (QED) is 0.437. The van der Waals surface area contributed by atoms with Crippen molar-refractivity contribution in [3.8, 4) is 0 Å². The number of carbonyl (C=O) groups excluding carboxylic acids is 3. The number of aromatic nitrogens is 1. The summed E-state index contributed by atoms with van der Waals surface area (Å²) in [4.78, 5) is 44.8. The van der Waals surface area contributed by atoms with Crippen LogP contribution in [0.25, 0.3) is 12.2 Å². The third-order valence-corrected chi connectivity index (χ3v) is 6.27. The molecule has 1 saturated heterocycles. The van der Waals surface area contributed by atoms with Crippen LogP contribution >= 0.6 is 11.3 Å². The van der Waals surface area contributed by atoms with E-state index in [4.69, 9.17) is 5.73 Å². The zero-order valence-electron chi connectivity index (χ0n) is 17.9. The Labute approximate surface area is 182 Å². The average molecular weight is 433 g/mol. The molecule has 1 aliphatic rings. The highest BCUT2D eigenvalue weighted by Crippen LogP contribution is 2.24. The number of ketones is 1. The zero-order chi connectivity index (χ0) is 22.1. The number of unbranched alkanes of at least 4 members (excludes halogenated alkanes) is 1. The number of Topliss-reactive ketones (excluding diaryl/α,β-unsaturated/α-hetero) is 1. The van der Waals surface area contributed by atoms with Crippen molar-refractivity contribution in [1.82, 2.24) is 15.2 Å². The van der Waals surface area contributed by atoms with Gasteiger partial charge in [0.05, 0.1) is 22.5 Å². The van der Waals surface area contributed by atoms with Crippen molar-refractivity contribution >= 4 is 41.1 Å². The number of piperidine rings is 1. The van der Waals surface area contributed by atoms with Gasteiger partial charge >= 0.3 is 0 Å². The SMILES string of the molecule is C=Cc1nc(C(=O)C(CCCCN)NC(=O)C2CCCN(C(C)=O)C2)sc1/C=C\C.